The summed E-state index contributed by atoms with van der Waals surface area (Å²) in [5.41, 5.74) is 5.19. The minimum absolute atomic E-state index is 0.0368. The third kappa shape index (κ3) is 4.26. The molecular weight excluding hydrogens is 372 g/mol. The van der Waals surface area contributed by atoms with Gasteiger partial charge in [0.25, 0.3) is 5.91 Å². The summed E-state index contributed by atoms with van der Waals surface area (Å²) in [5, 5.41) is 0. The first kappa shape index (κ1) is 20.6. The lowest BCUT2D eigenvalue weighted by Gasteiger charge is -2.34. The minimum atomic E-state index is 0.0368. The van der Waals surface area contributed by atoms with Crippen molar-refractivity contribution in [3.63, 3.8) is 0 Å². The maximum Gasteiger partial charge on any atom is 0.251 e. The standard InChI is InChI=1S/C25H32N4O/c1-5-27-12-10-21(11-13-27)23-7-6-20(4)29(17-23)25(30)14-18(2)22-8-9-24-26-19(3)15-28(24)16-22/h6-9,14-17,20-21H,5,10-13H2,1-4H3/b18-14+. The Balaban J connectivity index is 1.51. The quantitative estimate of drug-likeness (QED) is 0.707. The molecule has 1 amide bonds. The molecule has 5 heteroatoms. The molecule has 0 bridgehead atoms. The van der Waals surface area contributed by atoms with Crippen molar-refractivity contribution < 1.29 is 4.79 Å². The van der Waals surface area contributed by atoms with E-state index in [0.717, 1.165) is 42.1 Å². The Labute approximate surface area is 179 Å². The predicted molar refractivity (Wildman–Crippen MR) is 122 cm³/mol. The Morgan fingerprint density at radius 1 is 1.23 bits per heavy atom. The summed E-state index contributed by atoms with van der Waals surface area (Å²) in [6, 6.07) is 4.10. The average Bonchev–Trinajstić information content (AvgIpc) is 3.13. The Morgan fingerprint density at radius 2 is 2.00 bits per heavy atom. The molecule has 0 N–H and O–H groups in total. The summed E-state index contributed by atoms with van der Waals surface area (Å²) in [5.74, 6) is 0.582. The van der Waals surface area contributed by atoms with Crippen molar-refractivity contribution in [1.29, 1.82) is 0 Å². The number of piperidine rings is 1. The van der Waals surface area contributed by atoms with E-state index in [4.69, 9.17) is 0 Å². The van der Waals surface area contributed by atoms with Gasteiger partial charge in [0.2, 0.25) is 0 Å². The Hall–Kier alpha value is -2.66. The molecule has 4 heterocycles. The smallest absolute Gasteiger partial charge is 0.251 e. The van der Waals surface area contributed by atoms with Crippen LogP contribution in [0.1, 0.15) is 44.9 Å². The molecule has 1 atom stereocenters. The van der Waals surface area contributed by atoms with Gasteiger partial charge in [-0.3, -0.25) is 4.79 Å². The number of allylic oxidation sites excluding steroid dienone is 3. The summed E-state index contributed by atoms with van der Waals surface area (Å²) in [6.45, 7) is 11.7. The van der Waals surface area contributed by atoms with E-state index in [1.54, 1.807) is 6.08 Å². The topological polar surface area (TPSA) is 40.8 Å². The molecule has 2 aromatic heterocycles. The first-order chi connectivity index (χ1) is 14.4. The summed E-state index contributed by atoms with van der Waals surface area (Å²) in [6.07, 6.45) is 14.6. The van der Waals surface area contributed by atoms with Gasteiger partial charge in [0.15, 0.2) is 0 Å². The van der Waals surface area contributed by atoms with Crippen molar-refractivity contribution in [2.24, 2.45) is 5.92 Å². The second-order valence-electron chi connectivity index (χ2n) is 8.58. The molecule has 2 aromatic rings. The zero-order chi connectivity index (χ0) is 21.3. The van der Waals surface area contributed by atoms with E-state index < -0.39 is 0 Å². The number of aromatic nitrogens is 2. The molecular formula is C25H32N4O. The van der Waals surface area contributed by atoms with Crippen LogP contribution in [0.25, 0.3) is 11.2 Å². The number of rotatable bonds is 4. The number of hydrogen-bond donors (Lipinski definition) is 0. The normalized spacial score (nSPS) is 21.3. The monoisotopic (exact) mass is 404 g/mol. The number of hydrogen-bond acceptors (Lipinski definition) is 3. The highest BCUT2D eigenvalue weighted by molar-refractivity contribution is 5.96. The average molecular weight is 405 g/mol. The van der Waals surface area contributed by atoms with Gasteiger partial charge in [-0.1, -0.05) is 19.1 Å². The number of amides is 1. The third-order valence-corrected chi connectivity index (χ3v) is 6.42. The van der Waals surface area contributed by atoms with Crippen LogP contribution in [0.3, 0.4) is 0 Å². The van der Waals surface area contributed by atoms with Crippen molar-refractivity contribution in [1.82, 2.24) is 19.2 Å². The number of carbonyl (C=O) groups excluding carboxylic acids is 1. The molecule has 30 heavy (non-hydrogen) atoms. The van der Waals surface area contributed by atoms with Crippen LogP contribution in [0.2, 0.25) is 0 Å². The van der Waals surface area contributed by atoms with E-state index in [1.165, 1.54) is 18.4 Å². The van der Waals surface area contributed by atoms with E-state index in [2.05, 4.69) is 42.1 Å². The van der Waals surface area contributed by atoms with E-state index in [9.17, 15) is 4.79 Å². The molecule has 1 saturated heterocycles. The van der Waals surface area contributed by atoms with Crippen molar-refractivity contribution in [2.45, 2.75) is 46.6 Å². The van der Waals surface area contributed by atoms with Crippen LogP contribution in [0.4, 0.5) is 0 Å². The van der Waals surface area contributed by atoms with Crippen molar-refractivity contribution in [3.8, 4) is 0 Å². The van der Waals surface area contributed by atoms with E-state index in [1.807, 2.05) is 47.7 Å². The summed E-state index contributed by atoms with van der Waals surface area (Å²) < 4.78 is 2.01. The van der Waals surface area contributed by atoms with E-state index in [0.29, 0.717) is 5.92 Å². The Morgan fingerprint density at radius 3 is 2.73 bits per heavy atom. The fourth-order valence-corrected chi connectivity index (χ4v) is 4.45. The molecule has 0 aromatic carbocycles. The van der Waals surface area contributed by atoms with Crippen LogP contribution in [0.5, 0.6) is 0 Å². The fraction of sp³-hybridized carbons (Fsp3) is 0.440. The zero-order valence-electron chi connectivity index (χ0n) is 18.5. The van der Waals surface area contributed by atoms with Gasteiger partial charge in [-0.15, -0.1) is 0 Å². The second-order valence-corrected chi connectivity index (χ2v) is 8.58. The molecule has 0 spiro atoms. The van der Waals surface area contributed by atoms with Gasteiger partial charge < -0.3 is 14.2 Å². The second kappa shape index (κ2) is 8.60. The number of aryl methyl sites for hydroxylation is 1. The minimum Gasteiger partial charge on any atom is -0.309 e. The lowest BCUT2D eigenvalue weighted by Crippen LogP contribution is -2.37. The predicted octanol–water partition coefficient (Wildman–Crippen LogP) is 4.45. The van der Waals surface area contributed by atoms with Crippen LogP contribution in [0.15, 0.2) is 54.5 Å². The molecule has 2 aliphatic rings. The van der Waals surface area contributed by atoms with Gasteiger partial charge >= 0.3 is 0 Å². The molecule has 158 valence electrons. The number of fused-ring (bicyclic) bond motifs is 1. The molecule has 4 rings (SSSR count). The first-order valence-corrected chi connectivity index (χ1v) is 11.0. The SMILES string of the molecule is CCN1CCC(C2=CN(C(=O)/C=C(\C)c3ccc4nc(C)cn4c3)C(C)C=C2)CC1. The summed E-state index contributed by atoms with van der Waals surface area (Å²) in [4.78, 5) is 22.0. The number of imidazole rings is 1. The molecule has 0 aliphatic carbocycles. The Kier molecular flexibility index (Phi) is 5.91. The highest BCUT2D eigenvalue weighted by Crippen LogP contribution is 2.29. The van der Waals surface area contributed by atoms with E-state index in [-0.39, 0.29) is 11.9 Å². The largest absolute Gasteiger partial charge is 0.309 e. The highest BCUT2D eigenvalue weighted by Gasteiger charge is 2.25. The van der Waals surface area contributed by atoms with E-state index >= 15 is 0 Å². The zero-order valence-corrected chi connectivity index (χ0v) is 18.5. The van der Waals surface area contributed by atoms with Gasteiger partial charge in [0.1, 0.15) is 5.65 Å². The maximum atomic E-state index is 13.1. The molecule has 1 unspecified atom stereocenters. The highest BCUT2D eigenvalue weighted by atomic mass is 16.2. The molecule has 5 nitrogen and oxygen atoms in total. The van der Waals surface area contributed by atoms with Crippen LogP contribution < -0.4 is 0 Å². The fourth-order valence-electron chi connectivity index (χ4n) is 4.45. The van der Waals surface area contributed by atoms with Gasteiger partial charge in [0, 0.05) is 24.7 Å². The van der Waals surface area contributed by atoms with Gasteiger partial charge in [0.05, 0.1) is 11.7 Å². The number of pyridine rings is 1. The lowest BCUT2D eigenvalue weighted by atomic mass is 9.87. The van der Waals surface area contributed by atoms with Crippen LogP contribution in [0, 0.1) is 12.8 Å². The Bertz CT molecular complexity index is 1020. The number of nitrogens with zero attached hydrogens (tertiary/aromatic N) is 4. The third-order valence-electron chi connectivity index (χ3n) is 6.42. The van der Waals surface area contributed by atoms with Crippen LogP contribution in [-0.2, 0) is 4.79 Å². The molecule has 1 fully saturated rings. The molecule has 0 saturated carbocycles. The molecule has 2 aliphatic heterocycles. The van der Waals surface area contributed by atoms with Crippen LogP contribution in [-0.4, -0.2) is 50.8 Å². The van der Waals surface area contributed by atoms with Gasteiger partial charge in [-0.25, -0.2) is 4.98 Å². The number of likely N-dealkylation sites (tertiary alicyclic amines) is 1. The van der Waals surface area contributed by atoms with Crippen molar-refractivity contribution >= 4 is 17.1 Å². The van der Waals surface area contributed by atoms with Gasteiger partial charge in [-0.05, 0) is 88.0 Å². The summed E-state index contributed by atoms with van der Waals surface area (Å²) in [7, 11) is 0. The lowest BCUT2D eigenvalue weighted by molar-refractivity contribution is -0.124. The number of carbonyl (C=O) groups is 1. The van der Waals surface area contributed by atoms with Crippen LogP contribution >= 0.6 is 0 Å². The molecule has 0 radical (unpaired) electrons. The van der Waals surface area contributed by atoms with Crippen molar-refractivity contribution in [3.05, 3.63) is 65.8 Å². The summed E-state index contributed by atoms with van der Waals surface area (Å²) >= 11 is 0. The maximum absolute atomic E-state index is 13.1. The van der Waals surface area contributed by atoms with Crippen molar-refractivity contribution in [2.75, 3.05) is 19.6 Å². The first-order valence-electron chi connectivity index (χ1n) is 11.0. The van der Waals surface area contributed by atoms with Gasteiger partial charge in [-0.2, -0.15) is 0 Å².